The molecule has 24 heavy (non-hydrogen) atoms. The van der Waals surface area contributed by atoms with Gasteiger partial charge in [-0.25, -0.2) is 0 Å². The first-order valence-electron chi connectivity index (χ1n) is 6.50. The van der Waals surface area contributed by atoms with Gasteiger partial charge in [0.15, 0.2) is 0 Å². The molecule has 1 heterocycles. The summed E-state index contributed by atoms with van der Waals surface area (Å²) in [5.74, 6) is -1.53. The second-order valence-corrected chi connectivity index (χ2v) is 7.24. The molecule has 2 aromatic carbocycles. The van der Waals surface area contributed by atoms with E-state index in [-0.39, 0.29) is 43.1 Å². The molecule has 3 rings (SSSR count). The Labute approximate surface area is 170 Å². The molecule has 0 aliphatic carbocycles. The fraction of sp³-hybridized carbons (Fsp3) is 0.0667. The predicted molar refractivity (Wildman–Crippen MR) is 87.0 cm³/mol. The normalized spacial score (nSPS) is 13.7. The zero-order valence-electron chi connectivity index (χ0n) is 13.6. The summed E-state index contributed by atoms with van der Waals surface area (Å²) in [7, 11) is -4.44. The van der Waals surface area contributed by atoms with Gasteiger partial charge in [0.2, 0.25) is 0 Å². The molecule has 0 spiro atoms. The molecular formula is C15H11BrNNaO5S. The van der Waals surface area contributed by atoms with Crippen LogP contribution < -0.4 is 34.5 Å². The summed E-state index contributed by atoms with van der Waals surface area (Å²) >= 11 is 3.38. The van der Waals surface area contributed by atoms with E-state index < -0.39 is 26.7 Å². The van der Waals surface area contributed by atoms with Crippen LogP contribution in [0.5, 0.6) is 0 Å². The molecule has 0 atom stereocenters. The standard InChI is InChI=1S/C15H10BrNO5S.Na.H/c16-12-4-2-1-3-9(12)8-17-13-6-5-10(23(20,21)22)7-11(13)14(18)15(17)19;;/h1-7H,8H2,(H,20,21,22);;/q;+1;-1. The van der Waals surface area contributed by atoms with Crippen molar-refractivity contribution in [2.45, 2.75) is 11.4 Å². The van der Waals surface area contributed by atoms with Crippen molar-refractivity contribution in [3.63, 3.8) is 0 Å². The van der Waals surface area contributed by atoms with Crippen LogP contribution in [0.1, 0.15) is 17.3 Å². The largest absolute Gasteiger partial charge is 1.00 e. The van der Waals surface area contributed by atoms with Gasteiger partial charge in [0.25, 0.3) is 21.8 Å². The molecule has 0 saturated heterocycles. The summed E-state index contributed by atoms with van der Waals surface area (Å²) in [6.07, 6.45) is 0. The van der Waals surface area contributed by atoms with Crippen LogP contribution in [0.3, 0.4) is 0 Å². The van der Waals surface area contributed by atoms with Crippen molar-refractivity contribution in [2.24, 2.45) is 0 Å². The topological polar surface area (TPSA) is 91.8 Å². The van der Waals surface area contributed by atoms with E-state index in [1.165, 1.54) is 11.0 Å². The van der Waals surface area contributed by atoms with Gasteiger partial charge in [-0.3, -0.25) is 14.1 Å². The Hall–Kier alpha value is -1.03. The Morgan fingerprint density at radius 3 is 2.42 bits per heavy atom. The van der Waals surface area contributed by atoms with Crippen molar-refractivity contribution in [1.82, 2.24) is 0 Å². The third-order valence-corrected chi connectivity index (χ3v) is 5.15. The molecule has 0 fully saturated rings. The number of halogens is 1. The van der Waals surface area contributed by atoms with Crippen molar-refractivity contribution in [3.8, 4) is 0 Å². The molecule has 1 N–H and O–H groups in total. The molecule has 2 aromatic rings. The Bertz CT molecular complexity index is 951. The molecular weight excluding hydrogens is 409 g/mol. The van der Waals surface area contributed by atoms with Gasteiger partial charge in [-0.15, -0.1) is 0 Å². The van der Waals surface area contributed by atoms with E-state index in [1.54, 1.807) is 0 Å². The van der Waals surface area contributed by atoms with E-state index in [0.717, 1.165) is 22.2 Å². The zero-order chi connectivity index (χ0) is 16.8. The van der Waals surface area contributed by atoms with Crippen molar-refractivity contribution in [3.05, 3.63) is 58.1 Å². The van der Waals surface area contributed by atoms with Gasteiger partial charge in [-0.05, 0) is 29.8 Å². The first-order valence-corrected chi connectivity index (χ1v) is 8.73. The fourth-order valence-corrected chi connectivity index (χ4v) is 3.31. The number of hydrogen-bond acceptors (Lipinski definition) is 4. The molecule has 0 saturated carbocycles. The van der Waals surface area contributed by atoms with Crippen LogP contribution in [0.2, 0.25) is 0 Å². The van der Waals surface area contributed by atoms with Gasteiger partial charge in [0.05, 0.1) is 22.7 Å². The summed E-state index contributed by atoms with van der Waals surface area (Å²) < 4.78 is 32.2. The second kappa shape index (κ2) is 7.07. The molecule has 1 aliphatic rings. The first kappa shape index (κ1) is 19.3. The maximum atomic E-state index is 12.2. The van der Waals surface area contributed by atoms with Gasteiger partial charge in [-0.2, -0.15) is 8.42 Å². The molecule has 6 nitrogen and oxygen atoms in total. The number of carbonyl (C=O) groups is 2. The van der Waals surface area contributed by atoms with E-state index in [9.17, 15) is 18.0 Å². The Morgan fingerprint density at radius 2 is 1.79 bits per heavy atom. The SMILES string of the molecule is O=C1C(=O)N(Cc2ccccc2Br)c2ccc(S(=O)(=O)O)cc21.[H-].[Na+]. The number of ketones is 1. The van der Waals surface area contributed by atoms with Crippen molar-refractivity contribution < 1.29 is 53.5 Å². The van der Waals surface area contributed by atoms with Crippen LogP contribution in [0.25, 0.3) is 0 Å². The number of carbonyl (C=O) groups excluding carboxylic acids is 2. The monoisotopic (exact) mass is 419 g/mol. The Kier molecular flexibility index (Phi) is 5.68. The van der Waals surface area contributed by atoms with Crippen LogP contribution in [-0.4, -0.2) is 24.7 Å². The Balaban J connectivity index is 0.00000156. The number of Topliss-reactive ketones (excluding diaryl/α,β-unsaturated/α-hetero) is 1. The van der Waals surface area contributed by atoms with E-state index in [1.807, 2.05) is 24.3 Å². The van der Waals surface area contributed by atoms with Crippen molar-refractivity contribution >= 4 is 43.4 Å². The third kappa shape index (κ3) is 3.49. The number of anilines is 1. The maximum absolute atomic E-state index is 12.2. The third-order valence-electron chi connectivity index (χ3n) is 3.53. The molecule has 1 amide bonds. The average Bonchev–Trinajstić information content (AvgIpc) is 2.73. The minimum atomic E-state index is -4.44. The van der Waals surface area contributed by atoms with Crippen molar-refractivity contribution in [1.29, 1.82) is 0 Å². The molecule has 120 valence electrons. The van der Waals surface area contributed by atoms with Gasteiger partial charge in [-0.1, -0.05) is 34.1 Å². The van der Waals surface area contributed by atoms with Gasteiger partial charge in [0, 0.05) is 4.47 Å². The maximum Gasteiger partial charge on any atom is 1.00 e. The van der Waals surface area contributed by atoms with Crippen molar-refractivity contribution in [2.75, 3.05) is 4.90 Å². The predicted octanol–water partition coefficient (Wildman–Crippen LogP) is -0.458. The van der Waals surface area contributed by atoms with Gasteiger partial charge < -0.3 is 6.33 Å². The molecule has 0 radical (unpaired) electrons. The van der Waals surface area contributed by atoms with Crippen LogP contribution in [0, 0.1) is 0 Å². The van der Waals surface area contributed by atoms with E-state index >= 15 is 0 Å². The van der Waals surface area contributed by atoms with Crippen LogP contribution in [0.4, 0.5) is 5.69 Å². The number of benzene rings is 2. The van der Waals surface area contributed by atoms with E-state index in [0.29, 0.717) is 5.69 Å². The zero-order valence-corrected chi connectivity index (χ0v) is 17.0. The number of nitrogens with zero attached hydrogens (tertiary/aromatic N) is 1. The van der Waals surface area contributed by atoms with Crippen LogP contribution >= 0.6 is 15.9 Å². The Morgan fingerprint density at radius 1 is 1.12 bits per heavy atom. The number of rotatable bonds is 3. The smallest absolute Gasteiger partial charge is 1.00 e. The molecule has 9 heteroatoms. The minimum absolute atomic E-state index is 0. The van der Waals surface area contributed by atoms with Crippen LogP contribution in [0.15, 0.2) is 51.8 Å². The minimum Gasteiger partial charge on any atom is -1.00 e. The molecule has 1 aliphatic heterocycles. The first-order chi connectivity index (χ1) is 10.8. The van der Waals surface area contributed by atoms with Gasteiger partial charge in [0.1, 0.15) is 0 Å². The summed E-state index contributed by atoms with van der Waals surface area (Å²) in [5.41, 5.74) is 1.10. The van der Waals surface area contributed by atoms with Gasteiger partial charge >= 0.3 is 29.6 Å². The summed E-state index contributed by atoms with van der Waals surface area (Å²) in [6.45, 7) is 0.171. The summed E-state index contributed by atoms with van der Waals surface area (Å²) in [4.78, 5) is 25.1. The summed E-state index contributed by atoms with van der Waals surface area (Å²) in [5, 5.41) is 0. The number of hydrogen-bond donors (Lipinski definition) is 1. The van der Waals surface area contributed by atoms with E-state index in [4.69, 9.17) is 4.55 Å². The number of fused-ring (bicyclic) bond motifs is 1. The molecule has 0 unspecified atom stereocenters. The molecule has 0 aromatic heterocycles. The second-order valence-electron chi connectivity index (χ2n) is 4.97. The average molecular weight is 420 g/mol. The summed E-state index contributed by atoms with van der Waals surface area (Å²) in [6, 6.07) is 10.8. The van der Waals surface area contributed by atoms with Crippen LogP contribution in [-0.2, 0) is 21.5 Å². The van der Waals surface area contributed by atoms with E-state index in [2.05, 4.69) is 15.9 Å². The molecule has 0 bridgehead atoms. The fourth-order valence-electron chi connectivity index (χ4n) is 2.39. The quantitative estimate of drug-likeness (QED) is 0.413. The number of amides is 1.